The number of carbonyl (C=O) groups is 1. The van der Waals surface area contributed by atoms with Gasteiger partial charge < -0.3 is 10.1 Å². The number of nitrogens with one attached hydrogen (secondary N) is 1. The van der Waals surface area contributed by atoms with Gasteiger partial charge >= 0.3 is 0 Å². The lowest BCUT2D eigenvalue weighted by molar-refractivity contribution is -0.124. The second-order valence-corrected chi connectivity index (χ2v) is 4.28. The average molecular weight is 271 g/mol. The molecule has 0 bridgehead atoms. The smallest absolute Gasteiger partial charge is 0.248 e. The van der Waals surface area contributed by atoms with Gasteiger partial charge in [-0.3, -0.25) is 9.69 Å². The Labute approximate surface area is 109 Å². The summed E-state index contributed by atoms with van der Waals surface area (Å²) < 4.78 is 5.48. The summed E-state index contributed by atoms with van der Waals surface area (Å²) >= 11 is 10.9. The highest BCUT2D eigenvalue weighted by atomic mass is 35.5. The standard InChI is InChI=1S/C11H11ClN2O2S/c12-8-3-1-2-4-9(8)16-6-5-14-10(15)7-13-11(14)17/h1-4H,5-7H2,(H,13,17). The molecule has 17 heavy (non-hydrogen) atoms. The van der Waals surface area contributed by atoms with Gasteiger partial charge in [0.25, 0.3) is 0 Å². The van der Waals surface area contributed by atoms with Crippen LogP contribution in [-0.4, -0.2) is 35.6 Å². The highest BCUT2D eigenvalue weighted by Crippen LogP contribution is 2.22. The maximum atomic E-state index is 11.4. The molecule has 0 atom stereocenters. The van der Waals surface area contributed by atoms with E-state index in [1.165, 1.54) is 4.90 Å². The van der Waals surface area contributed by atoms with Gasteiger partial charge in [-0.15, -0.1) is 0 Å². The van der Waals surface area contributed by atoms with Crippen molar-refractivity contribution < 1.29 is 9.53 Å². The van der Waals surface area contributed by atoms with Crippen LogP contribution >= 0.6 is 23.8 Å². The number of para-hydroxylation sites is 1. The molecule has 0 aromatic heterocycles. The second kappa shape index (κ2) is 5.33. The molecular weight excluding hydrogens is 260 g/mol. The zero-order chi connectivity index (χ0) is 12.3. The Morgan fingerprint density at radius 3 is 2.88 bits per heavy atom. The van der Waals surface area contributed by atoms with E-state index in [1.54, 1.807) is 12.1 Å². The van der Waals surface area contributed by atoms with Crippen molar-refractivity contribution in [1.82, 2.24) is 10.2 Å². The number of carbonyl (C=O) groups excluding carboxylic acids is 1. The molecule has 0 unspecified atom stereocenters. The van der Waals surface area contributed by atoms with Gasteiger partial charge in [-0.25, -0.2) is 0 Å². The van der Waals surface area contributed by atoms with Gasteiger partial charge in [0.15, 0.2) is 5.11 Å². The zero-order valence-corrected chi connectivity index (χ0v) is 10.6. The molecular formula is C11H11ClN2O2S. The maximum Gasteiger partial charge on any atom is 0.248 e. The summed E-state index contributed by atoms with van der Waals surface area (Å²) in [5.74, 6) is 0.581. The molecule has 1 aliphatic rings. The van der Waals surface area contributed by atoms with Crippen LogP contribution in [-0.2, 0) is 4.79 Å². The van der Waals surface area contributed by atoms with Crippen molar-refractivity contribution in [2.45, 2.75) is 0 Å². The fourth-order valence-electron chi connectivity index (χ4n) is 1.49. The minimum Gasteiger partial charge on any atom is -0.490 e. The number of halogens is 1. The molecule has 4 nitrogen and oxygen atoms in total. The average Bonchev–Trinajstić information content (AvgIpc) is 2.63. The van der Waals surface area contributed by atoms with E-state index in [0.29, 0.717) is 29.0 Å². The summed E-state index contributed by atoms with van der Waals surface area (Å²) in [6, 6.07) is 7.21. The fraction of sp³-hybridized carbons (Fsp3) is 0.273. The van der Waals surface area contributed by atoms with Crippen LogP contribution in [0.2, 0.25) is 5.02 Å². The molecule has 0 saturated carbocycles. The number of rotatable bonds is 4. The number of hydrogen-bond acceptors (Lipinski definition) is 3. The van der Waals surface area contributed by atoms with Crippen molar-refractivity contribution in [1.29, 1.82) is 0 Å². The highest BCUT2D eigenvalue weighted by Gasteiger charge is 2.24. The summed E-state index contributed by atoms with van der Waals surface area (Å²) in [7, 11) is 0. The first-order valence-electron chi connectivity index (χ1n) is 5.14. The van der Waals surface area contributed by atoms with Gasteiger partial charge in [-0.05, 0) is 24.4 Å². The number of nitrogens with zero attached hydrogens (tertiary/aromatic N) is 1. The lowest BCUT2D eigenvalue weighted by Crippen LogP contribution is -2.34. The first-order chi connectivity index (χ1) is 8.18. The van der Waals surface area contributed by atoms with Gasteiger partial charge in [-0.1, -0.05) is 23.7 Å². The molecule has 1 N–H and O–H groups in total. The Bertz CT molecular complexity index is 437. The van der Waals surface area contributed by atoms with E-state index in [1.807, 2.05) is 12.1 Å². The molecule has 1 aromatic carbocycles. The van der Waals surface area contributed by atoms with Crippen LogP contribution < -0.4 is 10.1 Å². The summed E-state index contributed by atoms with van der Waals surface area (Å²) in [5, 5.41) is 3.82. The molecule has 1 heterocycles. The van der Waals surface area contributed by atoms with Crippen LogP contribution in [0.5, 0.6) is 5.75 Å². The van der Waals surface area contributed by atoms with Gasteiger partial charge in [-0.2, -0.15) is 0 Å². The first-order valence-corrected chi connectivity index (χ1v) is 5.92. The van der Waals surface area contributed by atoms with Crippen molar-refractivity contribution in [2.75, 3.05) is 19.7 Å². The predicted molar refractivity (Wildman–Crippen MR) is 69.3 cm³/mol. The lowest BCUT2D eigenvalue weighted by atomic mass is 10.3. The van der Waals surface area contributed by atoms with E-state index in [0.717, 1.165) is 0 Å². The number of ether oxygens (including phenoxy) is 1. The number of thiocarbonyl (C=S) groups is 1. The third-order valence-electron chi connectivity index (χ3n) is 2.35. The predicted octanol–water partition coefficient (Wildman–Crippen LogP) is 1.44. The molecule has 90 valence electrons. The molecule has 6 heteroatoms. The minimum atomic E-state index is -0.0299. The summed E-state index contributed by atoms with van der Waals surface area (Å²) in [6.07, 6.45) is 0. The maximum absolute atomic E-state index is 11.4. The van der Waals surface area contributed by atoms with E-state index < -0.39 is 0 Å². The quantitative estimate of drug-likeness (QED) is 0.841. The van der Waals surface area contributed by atoms with E-state index in [9.17, 15) is 4.79 Å². The van der Waals surface area contributed by atoms with Crippen LogP contribution in [0.15, 0.2) is 24.3 Å². The Hall–Kier alpha value is -1.33. The largest absolute Gasteiger partial charge is 0.490 e. The topological polar surface area (TPSA) is 41.6 Å². The van der Waals surface area contributed by atoms with Crippen LogP contribution in [0.25, 0.3) is 0 Å². The number of amides is 1. The molecule has 1 aromatic rings. The van der Waals surface area contributed by atoms with Crippen LogP contribution in [0.1, 0.15) is 0 Å². The van der Waals surface area contributed by atoms with Gasteiger partial charge in [0, 0.05) is 0 Å². The zero-order valence-electron chi connectivity index (χ0n) is 8.98. The molecule has 1 fully saturated rings. The number of benzene rings is 1. The van der Waals surface area contributed by atoms with Crippen molar-refractivity contribution >= 4 is 34.8 Å². The second-order valence-electron chi connectivity index (χ2n) is 3.48. The van der Waals surface area contributed by atoms with Crippen LogP contribution in [0, 0.1) is 0 Å². The van der Waals surface area contributed by atoms with Crippen molar-refractivity contribution in [3.8, 4) is 5.75 Å². The molecule has 0 spiro atoms. The molecule has 1 amide bonds. The lowest BCUT2D eigenvalue weighted by Gasteiger charge is -2.15. The van der Waals surface area contributed by atoms with Crippen molar-refractivity contribution in [3.05, 3.63) is 29.3 Å². The van der Waals surface area contributed by atoms with Crippen molar-refractivity contribution in [3.63, 3.8) is 0 Å². The van der Waals surface area contributed by atoms with E-state index in [4.69, 9.17) is 28.6 Å². The van der Waals surface area contributed by atoms with E-state index in [2.05, 4.69) is 5.32 Å². The summed E-state index contributed by atoms with van der Waals surface area (Å²) in [6.45, 7) is 1.05. The third-order valence-corrected chi connectivity index (χ3v) is 3.02. The Morgan fingerprint density at radius 1 is 1.47 bits per heavy atom. The fourth-order valence-corrected chi connectivity index (χ4v) is 1.95. The third kappa shape index (κ3) is 2.87. The van der Waals surface area contributed by atoms with Crippen LogP contribution in [0.4, 0.5) is 0 Å². The summed E-state index contributed by atoms with van der Waals surface area (Å²) in [4.78, 5) is 12.9. The van der Waals surface area contributed by atoms with Gasteiger partial charge in [0.2, 0.25) is 5.91 Å². The monoisotopic (exact) mass is 270 g/mol. The normalized spacial score (nSPS) is 15.0. The van der Waals surface area contributed by atoms with Gasteiger partial charge in [0.05, 0.1) is 18.1 Å². The SMILES string of the molecule is O=C1CNC(=S)N1CCOc1ccccc1Cl. The molecule has 1 aliphatic heterocycles. The van der Waals surface area contributed by atoms with E-state index >= 15 is 0 Å². The Kier molecular flexibility index (Phi) is 3.81. The minimum absolute atomic E-state index is 0.0299. The number of hydrogen-bond donors (Lipinski definition) is 1. The Morgan fingerprint density at radius 2 is 2.24 bits per heavy atom. The summed E-state index contributed by atoms with van der Waals surface area (Å²) in [5.41, 5.74) is 0. The highest BCUT2D eigenvalue weighted by molar-refractivity contribution is 7.80. The van der Waals surface area contributed by atoms with Gasteiger partial charge in [0.1, 0.15) is 12.4 Å². The molecule has 2 rings (SSSR count). The van der Waals surface area contributed by atoms with Crippen LogP contribution in [0.3, 0.4) is 0 Å². The Balaban J connectivity index is 1.86. The first kappa shape index (κ1) is 12.1. The molecule has 0 aliphatic carbocycles. The molecule has 1 saturated heterocycles. The van der Waals surface area contributed by atoms with Crippen molar-refractivity contribution in [2.24, 2.45) is 0 Å². The molecule has 0 radical (unpaired) electrons. The van der Waals surface area contributed by atoms with E-state index in [-0.39, 0.29) is 12.5 Å².